The maximum Gasteiger partial charge on any atom is 0.345 e. The molecule has 3 fully saturated rings. The zero-order chi connectivity index (χ0) is 30.1. The minimum Gasteiger partial charge on any atom is -0.353 e. The number of halogens is 1. The Morgan fingerprint density at radius 2 is 1.95 bits per heavy atom. The minimum atomic E-state index is -3.82. The van der Waals surface area contributed by atoms with Gasteiger partial charge in [-0.25, -0.2) is 14.7 Å². The second kappa shape index (κ2) is 12.1. The highest BCUT2D eigenvalue weighted by molar-refractivity contribution is 7.89. The van der Waals surface area contributed by atoms with Crippen molar-refractivity contribution in [3.8, 4) is 6.07 Å². The van der Waals surface area contributed by atoms with Crippen LogP contribution in [0, 0.1) is 11.3 Å². The number of nitrogens with zero attached hydrogens (tertiary/aromatic N) is 8. The lowest BCUT2D eigenvalue weighted by atomic mass is 9.97. The summed E-state index contributed by atoms with van der Waals surface area (Å²) in [6.07, 6.45) is 7.73. The lowest BCUT2D eigenvalue weighted by Gasteiger charge is -2.47. The lowest BCUT2D eigenvalue weighted by molar-refractivity contribution is 0.0490. The fourth-order valence-electron chi connectivity index (χ4n) is 5.86. The van der Waals surface area contributed by atoms with Gasteiger partial charge in [0.15, 0.2) is 11.7 Å². The molecule has 0 unspecified atom stereocenters. The quantitative estimate of drug-likeness (QED) is 0.492. The van der Waals surface area contributed by atoms with E-state index in [-0.39, 0.29) is 23.6 Å². The Balaban J connectivity index is 1.06. The van der Waals surface area contributed by atoms with E-state index < -0.39 is 10.2 Å². The first kappa shape index (κ1) is 29.3. The molecule has 5 heterocycles. The van der Waals surface area contributed by atoms with Gasteiger partial charge in [-0.3, -0.25) is 14.7 Å². The van der Waals surface area contributed by atoms with Gasteiger partial charge in [0.2, 0.25) is 0 Å². The number of carbonyl (C=O) groups excluding carboxylic acids is 1. The molecule has 1 saturated carbocycles. The molecule has 3 aliphatic heterocycles. The molecule has 2 saturated heterocycles. The van der Waals surface area contributed by atoms with Gasteiger partial charge in [0.1, 0.15) is 17.6 Å². The first-order valence-electron chi connectivity index (χ1n) is 14.5. The Morgan fingerprint density at radius 1 is 1.16 bits per heavy atom. The van der Waals surface area contributed by atoms with E-state index >= 15 is 0 Å². The molecule has 13 nitrogen and oxygen atoms in total. The van der Waals surface area contributed by atoms with Crippen LogP contribution >= 0.6 is 11.6 Å². The smallest absolute Gasteiger partial charge is 0.345 e. The summed E-state index contributed by atoms with van der Waals surface area (Å²) in [7, 11) is -3.82. The molecule has 2 aromatic heterocycles. The third kappa shape index (κ3) is 6.58. The summed E-state index contributed by atoms with van der Waals surface area (Å²) in [6, 6.07) is 7.77. The van der Waals surface area contributed by atoms with E-state index in [0.29, 0.717) is 53.0 Å². The second-order valence-corrected chi connectivity index (χ2v) is 12.9. The molecular formula is C28H33ClN10O3S. The number of nitriles is 1. The maximum atomic E-state index is 13.0. The van der Waals surface area contributed by atoms with E-state index in [1.54, 1.807) is 24.4 Å². The van der Waals surface area contributed by atoms with Crippen LogP contribution < -0.4 is 14.9 Å². The number of amides is 1. The van der Waals surface area contributed by atoms with Crippen molar-refractivity contribution in [3.63, 3.8) is 0 Å². The van der Waals surface area contributed by atoms with Crippen molar-refractivity contribution >= 4 is 50.9 Å². The molecule has 15 heteroatoms. The van der Waals surface area contributed by atoms with Crippen molar-refractivity contribution in [2.75, 3.05) is 42.9 Å². The van der Waals surface area contributed by atoms with Crippen LogP contribution in [0.2, 0.25) is 5.02 Å². The van der Waals surface area contributed by atoms with Crippen molar-refractivity contribution < 1.29 is 13.2 Å². The average molecular weight is 625 g/mol. The van der Waals surface area contributed by atoms with Gasteiger partial charge in [-0.05, 0) is 50.3 Å². The number of hydrogen-bond donors (Lipinski definition) is 2. The minimum absolute atomic E-state index is 0.0460. The SMILES string of the molecule is CC[C@H]1CN(c2ncc(NC3=NS(=O)(=O)NC3=NC3CC3)cc2Cl)CCN1C1CCN(C(=O)c2ccc(C#N)nc2)CC1. The number of piperazine rings is 1. The maximum absolute atomic E-state index is 13.0. The van der Waals surface area contributed by atoms with Crippen LogP contribution in [0.15, 0.2) is 40.0 Å². The zero-order valence-electron chi connectivity index (χ0n) is 23.8. The van der Waals surface area contributed by atoms with Crippen molar-refractivity contribution in [2.24, 2.45) is 9.39 Å². The standard InChI is InChI=1S/C28H33ClN10O3S/c1-2-22-17-38(11-12-39(22)23-7-9-37(10-8-23)28(40)18-3-4-20(14-30)31-15-18)27-24(29)13-21(16-32-27)34-26-25(33-19-5-6-19)35-43(41,42)36-26/h3-4,13,15-16,19,22-23H,2,5-12,17H2,1H3,(H,33,35)(H,34,36)/t22-/m0/s1. The zero-order valence-corrected chi connectivity index (χ0v) is 25.4. The van der Waals surface area contributed by atoms with E-state index in [4.69, 9.17) is 16.9 Å². The van der Waals surface area contributed by atoms with Gasteiger partial charge in [-0.2, -0.15) is 13.7 Å². The molecule has 0 radical (unpaired) electrons. The Kier molecular flexibility index (Phi) is 8.21. The summed E-state index contributed by atoms with van der Waals surface area (Å²) in [5.41, 5.74) is 1.33. The van der Waals surface area contributed by atoms with Gasteiger partial charge >= 0.3 is 10.2 Å². The summed E-state index contributed by atoms with van der Waals surface area (Å²) in [5.74, 6) is 0.993. The van der Waals surface area contributed by atoms with Crippen LogP contribution in [0.1, 0.15) is 55.1 Å². The molecule has 43 heavy (non-hydrogen) atoms. The monoisotopic (exact) mass is 624 g/mol. The van der Waals surface area contributed by atoms with E-state index in [1.165, 1.54) is 6.20 Å². The first-order valence-corrected chi connectivity index (χ1v) is 16.3. The van der Waals surface area contributed by atoms with Crippen LogP contribution in [0.4, 0.5) is 11.5 Å². The fraction of sp³-hybridized carbons (Fsp3) is 0.500. The summed E-state index contributed by atoms with van der Waals surface area (Å²) in [5, 5.41) is 12.4. The third-order valence-corrected chi connectivity index (χ3v) is 9.40. The summed E-state index contributed by atoms with van der Waals surface area (Å²) in [4.78, 5) is 32.7. The van der Waals surface area contributed by atoms with Gasteiger partial charge in [0.05, 0.1) is 28.5 Å². The van der Waals surface area contributed by atoms with Crippen LogP contribution in [-0.4, -0.2) is 96.6 Å². The van der Waals surface area contributed by atoms with Crippen LogP contribution in [0.25, 0.3) is 0 Å². The van der Waals surface area contributed by atoms with Crippen molar-refractivity contribution in [2.45, 2.75) is 57.2 Å². The van der Waals surface area contributed by atoms with Gasteiger partial charge in [0, 0.05) is 51.0 Å². The van der Waals surface area contributed by atoms with Crippen molar-refractivity contribution in [1.82, 2.24) is 24.5 Å². The number of aromatic nitrogens is 2. The topological polar surface area (TPSA) is 159 Å². The summed E-state index contributed by atoms with van der Waals surface area (Å²) < 4.78 is 30.1. The van der Waals surface area contributed by atoms with Gasteiger partial charge in [-0.1, -0.05) is 18.5 Å². The molecule has 6 rings (SSSR count). The largest absolute Gasteiger partial charge is 0.353 e. The number of pyridine rings is 2. The number of amidine groups is 2. The summed E-state index contributed by atoms with van der Waals surface area (Å²) >= 11 is 6.70. The van der Waals surface area contributed by atoms with E-state index in [1.807, 2.05) is 11.0 Å². The molecule has 0 bridgehead atoms. The Morgan fingerprint density at radius 3 is 2.60 bits per heavy atom. The van der Waals surface area contributed by atoms with Crippen molar-refractivity contribution in [3.05, 3.63) is 46.9 Å². The van der Waals surface area contributed by atoms with Crippen molar-refractivity contribution in [1.29, 1.82) is 5.26 Å². The molecule has 0 aromatic carbocycles. The first-order chi connectivity index (χ1) is 20.7. The third-order valence-electron chi connectivity index (χ3n) is 8.25. The molecule has 4 aliphatic rings. The molecule has 226 valence electrons. The van der Waals surface area contributed by atoms with Crippen LogP contribution in [0.5, 0.6) is 0 Å². The molecular weight excluding hydrogens is 592 g/mol. The molecule has 0 spiro atoms. The number of carbonyl (C=O) groups is 1. The molecule has 2 N–H and O–H groups in total. The number of nitrogens with one attached hydrogen (secondary N) is 2. The normalized spacial score (nSPS) is 23.5. The van der Waals surface area contributed by atoms with Gasteiger partial charge in [0.25, 0.3) is 5.91 Å². The number of hydrogen-bond acceptors (Lipinski definition) is 10. The molecule has 1 aliphatic carbocycles. The average Bonchev–Trinajstić information content (AvgIpc) is 3.79. The fourth-order valence-corrected chi connectivity index (χ4v) is 6.95. The van der Waals surface area contributed by atoms with Gasteiger partial charge in [-0.15, -0.1) is 4.40 Å². The van der Waals surface area contributed by atoms with E-state index in [0.717, 1.165) is 51.7 Å². The number of anilines is 2. The number of likely N-dealkylation sites (tertiary alicyclic amines) is 1. The van der Waals surface area contributed by atoms with Crippen LogP contribution in [0.3, 0.4) is 0 Å². The van der Waals surface area contributed by atoms with Gasteiger partial charge < -0.3 is 15.1 Å². The summed E-state index contributed by atoms with van der Waals surface area (Å²) in [6.45, 7) is 5.94. The number of aliphatic imine (C=N–C) groups is 1. The Bertz CT molecular complexity index is 1600. The highest BCUT2D eigenvalue weighted by atomic mass is 35.5. The van der Waals surface area contributed by atoms with E-state index in [2.05, 4.69) is 46.1 Å². The predicted octanol–water partition coefficient (Wildman–Crippen LogP) is 2.43. The molecule has 2 aromatic rings. The molecule has 1 amide bonds. The van der Waals surface area contributed by atoms with Crippen LogP contribution in [-0.2, 0) is 10.2 Å². The molecule has 1 atom stereocenters. The highest BCUT2D eigenvalue weighted by Gasteiger charge is 2.35. The van der Waals surface area contributed by atoms with E-state index in [9.17, 15) is 13.2 Å². The Hall–Kier alpha value is -3.80. The second-order valence-electron chi connectivity index (χ2n) is 11.2. The highest BCUT2D eigenvalue weighted by Crippen LogP contribution is 2.31. The Labute approximate surface area is 255 Å². The lowest BCUT2D eigenvalue weighted by Crippen LogP contribution is -2.58. The number of rotatable bonds is 6. The predicted molar refractivity (Wildman–Crippen MR) is 164 cm³/mol. The number of piperidine rings is 1.